The van der Waals surface area contributed by atoms with Crippen LogP contribution in [0.5, 0.6) is 0 Å². The number of allylic oxidation sites excluding steroid dienone is 12. The topological polar surface area (TPSA) is 370 Å². The second-order valence-electron chi connectivity index (χ2n) is 19.2. The number of primary amides is 1. The summed E-state index contributed by atoms with van der Waals surface area (Å²) in [5.74, 6) is -6.03. The number of nitrogens with two attached hydrogens (primary N) is 3. The Morgan fingerprint density at radius 2 is 1.26 bits per heavy atom. The molecule has 74 heavy (non-hydrogen) atoms. The highest BCUT2D eigenvalue weighted by Gasteiger charge is 2.50. The number of hydrogen-bond donors (Lipinski definition) is 13. The highest BCUT2D eigenvalue weighted by atomic mass is 16.7. The molecule has 0 spiro atoms. The van der Waals surface area contributed by atoms with Crippen LogP contribution in [0.15, 0.2) is 85.1 Å². The lowest BCUT2D eigenvalue weighted by atomic mass is 9.82. The van der Waals surface area contributed by atoms with Crippen LogP contribution >= 0.6 is 0 Å². The van der Waals surface area contributed by atoms with E-state index in [4.69, 9.17) is 45.6 Å². The number of carbonyl (C=O) groups excluding carboxylic acids is 2. The molecule has 3 rings (SSSR count). The lowest BCUT2D eigenvalue weighted by Gasteiger charge is -2.45. The number of fused-ring (bicyclic) bond motifs is 2. The number of rotatable bonds is 9. The number of esters is 1. The summed E-state index contributed by atoms with van der Waals surface area (Å²) in [6.07, 6.45) is 4.43. The summed E-state index contributed by atoms with van der Waals surface area (Å²) < 4.78 is 33.3. The van der Waals surface area contributed by atoms with Crippen molar-refractivity contribution in [1.82, 2.24) is 0 Å². The lowest BCUT2D eigenvalue weighted by Crippen LogP contribution is -2.61. The number of cyclic esters (lactones) is 1. The van der Waals surface area contributed by atoms with Gasteiger partial charge in [-0.05, 0) is 40.0 Å². The highest BCUT2D eigenvalue weighted by molar-refractivity contribution is 5.78. The van der Waals surface area contributed by atoms with Gasteiger partial charge in [-0.15, -0.1) is 0 Å². The molecule has 0 aliphatic carbocycles. The zero-order chi connectivity index (χ0) is 55.4. The smallest absolute Gasteiger partial charge is 0.308 e. The molecule has 0 aromatic heterocycles. The Labute approximate surface area is 436 Å². The van der Waals surface area contributed by atoms with Gasteiger partial charge in [-0.3, -0.25) is 9.59 Å². The first-order valence-corrected chi connectivity index (χ1v) is 25.7. The van der Waals surface area contributed by atoms with Gasteiger partial charge in [-0.1, -0.05) is 98.9 Å². The van der Waals surface area contributed by atoms with Crippen molar-refractivity contribution < 1.29 is 89.1 Å². The van der Waals surface area contributed by atoms with Crippen molar-refractivity contribution in [2.75, 3.05) is 33.0 Å². The van der Waals surface area contributed by atoms with Gasteiger partial charge in [0.15, 0.2) is 12.1 Å². The standard InChI is InChI=1S/C47H74N2O16.C6H15NO2/c1-27-17-15-13-11-9-7-5-6-8-10-12-14-16-18-34(64-46-44(59)41(48)43(58)30(4)63-46)24-38-40(45(49)60)37(55)26-47(61,65-38)25-33(52)22-36(54)35(53)20-19-31(50)21-32(51)23-39(56)62-29(3)28(2)42(27)57;1-2-8-5-6-9-4-3-7/h5-18,27-38,40-44,46,50-55,57-59,61H,19-26,48H2,1-4H3,(H2,49,60);2-7H2,1H3/b6-5+,9-7+,10-8+,13-11+,14-12+,17-15+,18-16+;. The highest BCUT2D eigenvalue weighted by Crippen LogP contribution is 2.38. The average Bonchev–Trinajstić information content (AvgIpc) is 3.32. The van der Waals surface area contributed by atoms with Gasteiger partial charge in [0.1, 0.15) is 12.2 Å². The molecule has 3 heterocycles. The van der Waals surface area contributed by atoms with Crippen molar-refractivity contribution in [3.63, 3.8) is 0 Å². The van der Waals surface area contributed by atoms with Gasteiger partial charge in [-0.25, -0.2) is 0 Å². The molecule has 2 bridgehead atoms. The average molecular weight is 1060 g/mol. The maximum atomic E-state index is 12.7. The molecule has 19 atom stereocenters. The maximum absolute atomic E-state index is 12.7. The van der Waals surface area contributed by atoms with Crippen LogP contribution in [-0.4, -0.2) is 193 Å². The first kappa shape index (κ1) is 66.6. The molecule has 3 aliphatic heterocycles. The molecule has 21 nitrogen and oxygen atoms in total. The normalized spacial score (nSPS) is 41.2. The van der Waals surface area contributed by atoms with Crippen LogP contribution in [0, 0.1) is 17.8 Å². The third-order valence-corrected chi connectivity index (χ3v) is 12.9. The first-order chi connectivity index (χ1) is 35.0. The van der Waals surface area contributed by atoms with Crippen LogP contribution in [0.1, 0.15) is 86.0 Å². The second kappa shape index (κ2) is 35.7. The molecule has 2 fully saturated rings. The SMILES string of the molecule is CC1/C=C/C=C/C=C/C=C/C=C/C=C/C=C/C(OC2OC(C)C(O)C(N)C2O)CC2OC(O)(CC(O)CC(O)C(O)CCC(O)CC(O)CC(=O)OC(C)C(C)C1O)CC(O)C2C(N)=O.CCOCCOCCN. The zero-order valence-electron chi connectivity index (χ0n) is 43.6. The zero-order valence-corrected chi connectivity index (χ0v) is 43.6. The maximum Gasteiger partial charge on any atom is 0.308 e. The number of carbonyl (C=O) groups is 2. The summed E-state index contributed by atoms with van der Waals surface area (Å²) in [7, 11) is 0. The molecule has 3 aliphatic rings. The summed E-state index contributed by atoms with van der Waals surface area (Å²) in [5.41, 5.74) is 16.9. The van der Waals surface area contributed by atoms with Crippen molar-refractivity contribution in [3.8, 4) is 0 Å². The van der Waals surface area contributed by atoms with Gasteiger partial charge >= 0.3 is 5.97 Å². The predicted molar refractivity (Wildman–Crippen MR) is 275 cm³/mol. The summed E-state index contributed by atoms with van der Waals surface area (Å²) in [6.45, 7) is 12.0. The van der Waals surface area contributed by atoms with E-state index in [1.165, 1.54) is 0 Å². The van der Waals surface area contributed by atoms with E-state index in [0.29, 0.717) is 26.4 Å². The quantitative estimate of drug-likeness (QED) is 0.108. The van der Waals surface area contributed by atoms with Crippen molar-refractivity contribution in [3.05, 3.63) is 85.1 Å². The van der Waals surface area contributed by atoms with E-state index < -0.39 is 147 Å². The van der Waals surface area contributed by atoms with E-state index in [0.717, 1.165) is 6.61 Å². The fourth-order valence-corrected chi connectivity index (χ4v) is 8.47. The van der Waals surface area contributed by atoms with E-state index in [1.54, 1.807) is 75.5 Å². The van der Waals surface area contributed by atoms with Gasteiger partial charge in [-0.2, -0.15) is 0 Å². The molecule has 0 aromatic rings. The third kappa shape index (κ3) is 25.1. The van der Waals surface area contributed by atoms with E-state index in [-0.39, 0.29) is 31.6 Å². The summed E-state index contributed by atoms with van der Waals surface area (Å²) in [4.78, 5) is 25.3. The van der Waals surface area contributed by atoms with Crippen molar-refractivity contribution >= 4 is 11.9 Å². The van der Waals surface area contributed by atoms with Crippen LogP contribution in [-0.2, 0) is 38.0 Å². The molecular weight excluding hydrogens is 967 g/mol. The third-order valence-electron chi connectivity index (χ3n) is 12.9. The van der Waals surface area contributed by atoms with Crippen LogP contribution in [0.3, 0.4) is 0 Å². The molecule has 1 amide bonds. The van der Waals surface area contributed by atoms with Gasteiger partial charge in [0.05, 0.1) is 105 Å². The number of amides is 1. The minimum atomic E-state index is -2.27. The van der Waals surface area contributed by atoms with Crippen molar-refractivity contribution in [1.29, 1.82) is 0 Å². The molecule has 0 aromatic carbocycles. The molecule has 16 N–H and O–H groups in total. The number of aliphatic hydroxyl groups is 10. The van der Waals surface area contributed by atoms with Crippen molar-refractivity contribution in [2.24, 2.45) is 35.0 Å². The second-order valence-corrected chi connectivity index (χ2v) is 19.2. The fourth-order valence-electron chi connectivity index (χ4n) is 8.47. The Morgan fingerprint density at radius 1 is 0.676 bits per heavy atom. The van der Waals surface area contributed by atoms with Gasteiger partial charge in [0, 0.05) is 50.7 Å². The molecule has 0 radical (unpaired) electrons. The molecule has 0 saturated carbocycles. The molecular formula is C53H89N3O18. The summed E-state index contributed by atoms with van der Waals surface area (Å²) in [6, 6.07) is -1.13. The summed E-state index contributed by atoms with van der Waals surface area (Å²) >= 11 is 0. The Hall–Kier alpha value is -3.56. The monoisotopic (exact) mass is 1060 g/mol. The Bertz CT molecular complexity index is 1790. The number of ether oxygens (including phenoxy) is 6. The van der Waals surface area contributed by atoms with Gasteiger partial charge in [0.25, 0.3) is 0 Å². The Morgan fingerprint density at radius 3 is 1.84 bits per heavy atom. The molecule has 2 saturated heterocycles. The molecule has 19 unspecified atom stereocenters. The van der Waals surface area contributed by atoms with Crippen LogP contribution in [0.4, 0.5) is 0 Å². The lowest BCUT2D eigenvalue weighted by molar-refractivity contribution is -0.307. The fraction of sp³-hybridized carbons (Fsp3) is 0.698. The Kier molecular flexibility index (Phi) is 32.1. The minimum absolute atomic E-state index is 0.0953. The summed E-state index contributed by atoms with van der Waals surface area (Å²) in [5, 5.41) is 108. The predicted octanol–water partition coefficient (Wildman–Crippen LogP) is 0.111. The van der Waals surface area contributed by atoms with Crippen LogP contribution in [0.25, 0.3) is 0 Å². The van der Waals surface area contributed by atoms with Crippen LogP contribution in [0.2, 0.25) is 0 Å². The number of aliphatic hydroxyl groups excluding tert-OH is 9. The Balaban J connectivity index is 0.00000189. The van der Waals surface area contributed by atoms with E-state index >= 15 is 0 Å². The molecule has 424 valence electrons. The molecule has 21 heteroatoms. The number of hydrogen-bond acceptors (Lipinski definition) is 20. The van der Waals surface area contributed by atoms with E-state index in [1.807, 2.05) is 44.2 Å². The van der Waals surface area contributed by atoms with Gasteiger partial charge in [0.2, 0.25) is 5.91 Å². The van der Waals surface area contributed by atoms with Crippen LogP contribution < -0.4 is 17.2 Å². The minimum Gasteiger partial charge on any atom is -0.462 e. The first-order valence-electron chi connectivity index (χ1n) is 25.7. The van der Waals surface area contributed by atoms with E-state index in [2.05, 4.69) is 0 Å². The van der Waals surface area contributed by atoms with Gasteiger partial charge < -0.3 is 96.7 Å². The van der Waals surface area contributed by atoms with E-state index in [9.17, 15) is 60.7 Å². The van der Waals surface area contributed by atoms with Crippen molar-refractivity contribution in [2.45, 2.75) is 183 Å². The largest absolute Gasteiger partial charge is 0.462 e.